The van der Waals surface area contributed by atoms with Crippen LogP contribution in [0.1, 0.15) is 34.7 Å². The molecule has 4 aromatic rings. The Kier molecular flexibility index (Phi) is 4.66. The molecule has 0 N–H and O–H groups in total. The zero-order chi connectivity index (χ0) is 23.5. The average Bonchev–Trinajstić information content (AvgIpc) is 3.20. The number of hydrogen-bond donors (Lipinski definition) is 0. The van der Waals surface area contributed by atoms with E-state index in [1.807, 2.05) is 67.6 Å². The van der Waals surface area contributed by atoms with Crippen LogP contribution in [0.15, 0.2) is 95.9 Å². The summed E-state index contributed by atoms with van der Waals surface area (Å²) in [6.45, 7) is 2.03. The van der Waals surface area contributed by atoms with Crippen LogP contribution in [0.5, 0.6) is 0 Å². The molecule has 0 amide bonds. The highest BCUT2D eigenvalue weighted by Crippen LogP contribution is 2.53. The lowest BCUT2D eigenvalue weighted by atomic mass is 9.69. The Morgan fingerprint density at radius 3 is 2.41 bits per heavy atom. The van der Waals surface area contributed by atoms with Crippen LogP contribution in [-0.4, -0.2) is 18.2 Å². The zero-order valence-electron chi connectivity index (χ0n) is 18.6. The van der Waals surface area contributed by atoms with Crippen LogP contribution in [0, 0.1) is 6.92 Å². The molecule has 0 radical (unpaired) electrons. The van der Waals surface area contributed by atoms with Crippen molar-refractivity contribution >= 4 is 26.7 Å². The van der Waals surface area contributed by atoms with E-state index in [2.05, 4.69) is 0 Å². The highest BCUT2D eigenvalue weighted by atomic mass is 32.2. The molecule has 5 nitrogen and oxygen atoms in total. The first-order chi connectivity index (χ1) is 16.4. The van der Waals surface area contributed by atoms with Crippen LogP contribution in [-0.2, 0) is 31.8 Å². The van der Waals surface area contributed by atoms with Gasteiger partial charge >= 0.3 is 0 Å². The zero-order valence-corrected chi connectivity index (χ0v) is 19.5. The van der Waals surface area contributed by atoms with E-state index in [-0.39, 0.29) is 29.6 Å². The number of fused-ring (bicyclic) bond motifs is 5. The SMILES string of the molecule is Cc1ccc(S(=O)(=O)n2c3c(c4ccccc42)[C@H]2CC(=O)C=C[C@@]2(c2ccccc2)OC3)cc1. The molecule has 2 heterocycles. The third kappa shape index (κ3) is 2.95. The number of aromatic nitrogens is 1. The molecule has 0 saturated heterocycles. The Morgan fingerprint density at radius 2 is 1.65 bits per heavy atom. The van der Waals surface area contributed by atoms with Crippen molar-refractivity contribution in [2.45, 2.75) is 36.4 Å². The number of nitrogens with zero attached hydrogens (tertiary/aromatic N) is 1. The first-order valence-electron chi connectivity index (χ1n) is 11.3. The average molecular weight is 470 g/mol. The summed E-state index contributed by atoms with van der Waals surface area (Å²) in [6, 6.07) is 24.2. The van der Waals surface area contributed by atoms with E-state index in [4.69, 9.17) is 4.74 Å². The van der Waals surface area contributed by atoms with Crippen LogP contribution in [0.3, 0.4) is 0 Å². The molecule has 1 aliphatic carbocycles. The normalized spacial score (nSPS) is 21.9. The fourth-order valence-electron chi connectivity index (χ4n) is 5.39. The third-order valence-electron chi connectivity index (χ3n) is 6.99. The standard InChI is InChI=1S/C28H23NO4S/c1-19-11-13-22(14-12-19)34(31,32)29-25-10-6-5-9-23(25)27-24-17-21(30)15-16-28(24,33-18-26(27)29)20-7-3-2-4-8-20/h2-16,24H,17-18H2,1H3/t24-,28+/m1/s1. The molecule has 0 fully saturated rings. The Morgan fingerprint density at radius 1 is 0.941 bits per heavy atom. The number of carbonyl (C=O) groups is 1. The van der Waals surface area contributed by atoms with Gasteiger partial charge in [0.05, 0.1) is 22.7 Å². The van der Waals surface area contributed by atoms with Crippen molar-refractivity contribution in [2.24, 2.45) is 0 Å². The number of ketones is 1. The predicted molar refractivity (Wildman–Crippen MR) is 130 cm³/mol. The number of benzene rings is 3. The summed E-state index contributed by atoms with van der Waals surface area (Å²) in [7, 11) is -3.88. The second-order valence-corrected chi connectivity index (χ2v) is 10.8. The minimum atomic E-state index is -3.88. The minimum absolute atomic E-state index is 0.00577. The summed E-state index contributed by atoms with van der Waals surface area (Å²) in [5, 5.41) is 0.838. The molecular formula is C28H23NO4S. The van der Waals surface area contributed by atoms with Gasteiger partial charge < -0.3 is 4.74 Å². The molecule has 0 bridgehead atoms. The monoisotopic (exact) mass is 469 g/mol. The maximum absolute atomic E-state index is 13.9. The van der Waals surface area contributed by atoms with Gasteiger partial charge in [-0.1, -0.05) is 66.2 Å². The number of rotatable bonds is 3. The van der Waals surface area contributed by atoms with E-state index in [0.29, 0.717) is 11.2 Å². The summed E-state index contributed by atoms with van der Waals surface area (Å²) in [5.41, 5.74) is 3.17. The fourth-order valence-corrected chi connectivity index (χ4v) is 6.94. The van der Waals surface area contributed by atoms with Gasteiger partial charge in [0, 0.05) is 17.7 Å². The molecule has 6 heteroatoms. The molecular weight excluding hydrogens is 446 g/mol. The lowest BCUT2D eigenvalue weighted by Crippen LogP contribution is -2.42. The summed E-state index contributed by atoms with van der Waals surface area (Å²) in [5.74, 6) is -0.332. The number of hydrogen-bond acceptors (Lipinski definition) is 4. The number of ether oxygens (including phenoxy) is 1. The first kappa shape index (κ1) is 21.1. The molecule has 1 aromatic heterocycles. The summed E-state index contributed by atoms with van der Waals surface area (Å²) in [6.07, 6.45) is 3.69. The van der Waals surface area contributed by atoms with Crippen molar-refractivity contribution in [3.05, 3.63) is 113 Å². The Bertz CT molecular complexity index is 1570. The number of para-hydroxylation sites is 1. The third-order valence-corrected chi connectivity index (χ3v) is 8.75. The maximum Gasteiger partial charge on any atom is 0.268 e. The largest absolute Gasteiger partial charge is 0.359 e. The van der Waals surface area contributed by atoms with Crippen molar-refractivity contribution in [1.29, 1.82) is 0 Å². The van der Waals surface area contributed by atoms with Gasteiger partial charge in [-0.15, -0.1) is 0 Å². The van der Waals surface area contributed by atoms with Crippen LogP contribution >= 0.6 is 0 Å². The lowest BCUT2D eigenvalue weighted by Gasteiger charge is -2.44. The summed E-state index contributed by atoms with van der Waals surface area (Å²) >= 11 is 0. The molecule has 34 heavy (non-hydrogen) atoms. The van der Waals surface area contributed by atoms with Gasteiger partial charge in [0.1, 0.15) is 5.60 Å². The second-order valence-electron chi connectivity index (χ2n) is 8.96. The van der Waals surface area contributed by atoms with Gasteiger partial charge in [-0.05, 0) is 48.4 Å². The summed E-state index contributed by atoms with van der Waals surface area (Å²) in [4.78, 5) is 12.9. The number of carbonyl (C=O) groups excluding carboxylic acids is 1. The second kappa shape index (κ2) is 7.52. The van der Waals surface area contributed by atoms with E-state index in [0.717, 1.165) is 22.1 Å². The van der Waals surface area contributed by atoms with E-state index in [1.165, 1.54) is 3.97 Å². The summed E-state index contributed by atoms with van der Waals surface area (Å²) < 4.78 is 35.7. The van der Waals surface area contributed by atoms with Crippen molar-refractivity contribution < 1.29 is 17.9 Å². The predicted octanol–water partition coefficient (Wildman–Crippen LogP) is 5.23. The van der Waals surface area contributed by atoms with Gasteiger partial charge in [0.15, 0.2) is 5.78 Å². The maximum atomic E-state index is 13.9. The highest BCUT2D eigenvalue weighted by Gasteiger charge is 2.49. The molecule has 2 atom stereocenters. The molecule has 6 rings (SSSR count). The Balaban J connectivity index is 1.64. The minimum Gasteiger partial charge on any atom is -0.359 e. The van der Waals surface area contributed by atoms with Crippen molar-refractivity contribution in [1.82, 2.24) is 3.97 Å². The Labute approximate surface area is 198 Å². The van der Waals surface area contributed by atoms with Crippen LogP contribution in [0.2, 0.25) is 0 Å². The first-order valence-corrected chi connectivity index (χ1v) is 12.7. The fraction of sp³-hybridized carbons (Fsp3) is 0.179. The molecule has 170 valence electrons. The van der Waals surface area contributed by atoms with Crippen LogP contribution in [0.4, 0.5) is 0 Å². The van der Waals surface area contributed by atoms with Gasteiger partial charge in [0.2, 0.25) is 0 Å². The number of aryl methyl sites for hydroxylation is 1. The van der Waals surface area contributed by atoms with Crippen LogP contribution < -0.4 is 0 Å². The smallest absolute Gasteiger partial charge is 0.268 e. The van der Waals surface area contributed by atoms with E-state index in [1.54, 1.807) is 30.3 Å². The van der Waals surface area contributed by atoms with Gasteiger partial charge in [0.25, 0.3) is 10.0 Å². The quantitative estimate of drug-likeness (QED) is 0.412. The molecule has 3 aromatic carbocycles. The molecule has 0 spiro atoms. The van der Waals surface area contributed by atoms with E-state index >= 15 is 0 Å². The highest BCUT2D eigenvalue weighted by molar-refractivity contribution is 7.90. The molecule has 0 unspecified atom stereocenters. The van der Waals surface area contributed by atoms with Gasteiger partial charge in [-0.2, -0.15) is 0 Å². The topological polar surface area (TPSA) is 65.4 Å². The van der Waals surface area contributed by atoms with Crippen molar-refractivity contribution in [3.8, 4) is 0 Å². The molecule has 0 saturated carbocycles. The van der Waals surface area contributed by atoms with Crippen LogP contribution in [0.25, 0.3) is 10.9 Å². The number of allylic oxidation sites excluding steroid dienone is 1. The van der Waals surface area contributed by atoms with E-state index < -0.39 is 15.6 Å². The van der Waals surface area contributed by atoms with Crippen molar-refractivity contribution in [2.75, 3.05) is 0 Å². The Hall–Kier alpha value is -3.48. The van der Waals surface area contributed by atoms with Crippen molar-refractivity contribution in [3.63, 3.8) is 0 Å². The van der Waals surface area contributed by atoms with Gasteiger partial charge in [-0.25, -0.2) is 12.4 Å². The van der Waals surface area contributed by atoms with Gasteiger partial charge in [-0.3, -0.25) is 4.79 Å². The lowest BCUT2D eigenvalue weighted by molar-refractivity contribution is -0.121. The van der Waals surface area contributed by atoms with E-state index in [9.17, 15) is 13.2 Å². The molecule has 1 aliphatic heterocycles. The molecule has 2 aliphatic rings.